The molecule has 0 aliphatic carbocycles. The van der Waals surface area contributed by atoms with E-state index in [1.54, 1.807) is 35.6 Å². The van der Waals surface area contributed by atoms with Gasteiger partial charge in [0.15, 0.2) is 0 Å². The average molecular weight is 444 g/mol. The van der Waals surface area contributed by atoms with E-state index in [0.717, 1.165) is 62.2 Å². The van der Waals surface area contributed by atoms with Gasteiger partial charge in [0.25, 0.3) is 5.78 Å². The van der Waals surface area contributed by atoms with Crippen molar-refractivity contribution in [3.05, 3.63) is 61.4 Å². The van der Waals surface area contributed by atoms with Crippen molar-refractivity contribution >= 4 is 17.4 Å². The molecular formula is C23H24N8O2. The molecule has 0 bridgehead atoms. The molecule has 0 saturated carbocycles. The third kappa shape index (κ3) is 4.11. The van der Waals surface area contributed by atoms with Crippen molar-refractivity contribution in [1.29, 1.82) is 0 Å². The van der Waals surface area contributed by atoms with Crippen molar-refractivity contribution < 1.29 is 9.47 Å². The molecule has 2 aliphatic rings. The van der Waals surface area contributed by atoms with Gasteiger partial charge in [-0.2, -0.15) is 19.6 Å². The van der Waals surface area contributed by atoms with E-state index in [-0.39, 0.29) is 12.2 Å². The van der Waals surface area contributed by atoms with Gasteiger partial charge in [-0.15, -0.1) is 0 Å². The van der Waals surface area contributed by atoms with Crippen LogP contribution in [-0.4, -0.2) is 67.9 Å². The van der Waals surface area contributed by atoms with Crippen LogP contribution in [0.1, 0.15) is 12.8 Å². The Balaban J connectivity index is 1.19. The second-order valence-electron chi connectivity index (χ2n) is 8.26. The normalized spacial score (nSPS) is 20.5. The minimum absolute atomic E-state index is 0.104. The standard InChI is InChI=1S/C23H24N8O2/c1-7-24-8-2-17(1)32-19-5-11-29(14-19)21-13-22(31-23(28-21)26-16-27-31)30-12-6-20(15-30)33-18-3-9-25-10-4-18/h1-4,7-10,13,16,19-20H,5-6,11-12,14-15H2/t19-,20+/m0/s1. The van der Waals surface area contributed by atoms with Crippen molar-refractivity contribution in [1.82, 2.24) is 29.5 Å². The molecule has 2 saturated heterocycles. The summed E-state index contributed by atoms with van der Waals surface area (Å²) in [6, 6.07) is 9.66. The van der Waals surface area contributed by atoms with E-state index in [2.05, 4.69) is 35.9 Å². The van der Waals surface area contributed by atoms with Crippen LogP contribution in [0.4, 0.5) is 11.6 Å². The van der Waals surface area contributed by atoms with Gasteiger partial charge in [-0.05, 0) is 24.3 Å². The van der Waals surface area contributed by atoms with E-state index in [4.69, 9.17) is 14.5 Å². The van der Waals surface area contributed by atoms with Crippen molar-refractivity contribution in [3.63, 3.8) is 0 Å². The average Bonchev–Trinajstić information content (AvgIpc) is 3.61. The number of ether oxygens (including phenoxy) is 2. The molecule has 10 nitrogen and oxygen atoms in total. The molecule has 0 N–H and O–H groups in total. The van der Waals surface area contributed by atoms with Crippen LogP contribution >= 0.6 is 0 Å². The monoisotopic (exact) mass is 444 g/mol. The zero-order chi connectivity index (χ0) is 22.0. The zero-order valence-corrected chi connectivity index (χ0v) is 18.1. The minimum Gasteiger partial charge on any atom is -0.488 e. The van der Waals surface area contributed by atoms with Crippen LogP contribution in [-0.2, 0) is 0 Å². The molecule has 6 heterocycles. The molecular weight excluding hydrogens is 420 g/mol. The number of aromatic nitrogens is 6. The first-order valence-electron chi connectivity index (χ1n) is 11.2. The first-order valence-corrected chi connectivity index (χ1v) is 11.2. The number of hydrogen-bond acceptors (Lipinski definition) is 9. The van der Waals surface area contributed by atoms with E-state index in [0.29, 0.717) is 5.78 Å². The summed E-state index contributed by atoms with van der Waals surface area (Å²) in [7, 11) is 0. The van der Waals surface area contributed by atoms with Gasteiger partial charge < -0.3 is 19.3 Å². The molecule has 33 heavy (non-hydrogen) atoms. The van der Waals surface area contributed by atoms with Gasteiger partial charge in [-0.3, -0.25) is 9.97 Å². The summed E-state index contributed by atoms with van der Waals surface area (Å²) in [6.07, 6.45) is 10.6. The summed E-state index contributed by atoms with van der Waals surface area (Å²) < 4.78 is 14.1. The third-order valence-electron chi connectivity index (χ3n) is 6.06. The quantitative estimate of drug-likeness (QED) is 0.444. The Kier molecular flexibility index (Phi) is 5.10. The maximum Gasteiger partial charge on any atom is 0.256 e. The Morgan fingerprint density at radius 1 is 0.788 bits per heavy atom. The van der Waals surface area contributed by atoms with Crippen molar-refractivity contribution in [2.75, 3.05) is 36.0 Å². The highest BCUT2D eigenvalue weighted by atomic mass is 16.5. The summed E-state index contributed by atoms with van der Waals surface area (Å²) >= 11 is 0. The van der Waals surface area contributed by atoms with Gasteiger partial charge in [-0.25, -0.2) is 0 Å². The van der Waals surface area contributed by atoms with Gasteiger partial charge in [0.05, 0.1) is 13.1 Å². The molecule has 168 valence electrons. The highest BCUT2D eigenvalue weighted by molar-refractivity contribution is 5.57. The van der Waals surface area contributed by atoms with Gasteiger partial charge in [0.2, 0.25) is 0 Å². The van der Waals surface area contributed by atoms with E-state index >= 15 is 0 Å². The maximum absolute atomic E-state index is 6.15. The molecule has 6 rings (SSSR count). The van der Waals surface area contributed by atoms with Crippen LogP contribution in [0.25, 0.3) is 5.78 Å². The predicted octanol–water partition coefficient (Wildman–Crippen LogP) is 2.23. The van der Waals surface area contributed by atoms with Crippen LogP contribution < -0.4 is 19.3 Å². The van der Waals surface area contributed by atoms with E-state index in [1.807, 2.05) is 24.3 Å². The summed E-state index contributed by atoms with van der Waals surface area (Å²) in [5.41, 5.74) is 0. The first kappa shape index (κ1) is 19.7. The SMILES string of the molecule is c1cc(O[C@@H]2CCN(c3cc(N4CC[C@H](Oc5ccncc5)C4)nc4ncnn34)C2)ccn1. The fourth-order valence-corrected chi connectivity index (χ4v) is 4.46. The Labute approximate surface area is 190 Å². The Morgan fingerprint density at radius 2 is 1.39 bits per heavy atom. The maximum atomic E-state index is 6.15. The highest BCUT2D eigenvalue weighted by Gasteiger charge is 2.30. The fourth-order valence-electron chi connectivity index (χ4n) is 4.46. The lowest BCUT2D eigenvalue weighted by Gasteiger charge is -2.23. The van der Waals surface area contributed by atoms with E-state index < -0.39 is 0 Å². The molecule has 10 heteroatoms. The van der Waals surface area contributed by atoms with Crippen LogP contribution in [0.3, 0.4) is 0 Å². The molecule has 0 radical (unpaired) electrons. The molecule has 0 spiro atoms. The number of hydrogen-bond donors (Lipinski definition) is 0. The van der Waals surface area contributed by atoms with Gasteiger partial charge >= 0.3 is 0 Å². The highest BCUT2D eigenvalue weighted by Crippen LogP contribution is 2.29. The molecule has 2 fully saturated rings. The van der Waals surface area contributed by atoms with E-state index in [1.165, 1.54) is 0 Å². The molecule has 4 aromatic rings. The lowest BCUT2D eigenvalue weighted by molar-refractivity contribution is 0.224. The second-order valence-corrected chi connectivity index (χ2v) is 8.26. The molecule has 2 atom stereocenters. The molecule has 0 amide bonds. The number of fused-ring (bicyclic) bond motifs is 1. The van der Waals surface area contributed by atoms with Crippen LogP contribution in [0.5, 0.6) is 11.5 Å². The van der Waals surface area contributed by atoms with Gasteiger partial charge in [0.1, 0.15) is 41.7 Å². The largest absolute Gasteiger partial charge is 0.488 e. The Bertz CT molecular complexity index is 1220. The number of anilines is 2. The van der Waals surface area contributed by atoms with Crippen LogP contribution in [0.2, 0.25) is 0 Å². The molecule has 0 unspecified atom stereocenters. The predicted molar refractivity (Wildman–Crippen MR) is 122 cm³/mol. The summed E-state index contributed by atoms with van der Waals surface area (Å²) in [5, 5.41) is 4.41. The van der Waals surface area contributed by atoms with Crippen molar-refractivity contribution in [2.24, 2.45) is 0 Å². The van der Waals surface area contributed by atoms with Gasteiger partial charge in [-0.1, -0.05) is 0 Å². The van der Waals surface area contributed by atoms with Crippen molar-refractivity contribution in [2.45, 2.75) is 25.0 Å². The van der Waals surface area contributed by atoms with Crippen LogP contribution in [0.15, 0.2) is 61.4 Å². The third-order valence-corrected chi connectivity index (χ3v) is 6.06. The lowest BCUT2D eigenvalue weighted by atomic mass is 10.3. The lowest BCUT2D eigenvalue weighted by Crippen LogP contribution is -2.28. The molecule has 0 aromatic carbocycles. The Hall–Kier alpha value is -3.95. The first-order chi connectivity index (χ1) is 16.3. The van der Waals surface area contributed by atoms with Gasteiger partial charge in [0, 0.05) is 56.8 Å². The fraction of sp³-hybridized carbons (Fsp3) is 0.348. The number of rotatable bonds is 6. The van der Waals surface area contributed by atoms with Crippen LogP contribution in [0, 0.1) is 0 Å². The number of pyridine rings is 2. The summed E-state index contributed by atoms with van der Waals surface area (Å²) in [5.74, 6) is 4.15. The summed E-state index contributed by atoms with van der Waals surface area (Å²) in [6.45, 7) is 3.30. The minimum atomic E-state index is 0.104. The topological polar surface area (TPSA) is 93.8 Å². The second kappa shape index (κ2) is 8.53. The molecule has 4 aromatic heterocycles. The smallest absolute Gasteiger partial charge is 0.256 e. The molecule has 2 aliphatic heterocycles. The number of nitrogens with zero attached hydrogens (tertiary/aromatic N) is 8. The Morgan fingerprint density at radius 3 is 2.06 bits per heavy atom. The van der Waals surface area contributed by atoms with Crippen molar-refractivity contribution in [3.8, 4) is 11.5 Å². The van der Waals surface area contributed by atoms with E-state index in [9.17, 15) is 0 Å². The zero-order valence-electron chi connectivity index (χ0n) is 18.1. The summed E-state index contributed by atoms with van der Waals surface area (Å²) in [4.78, 5) is 21.8.